The number of unbranched alkanes of at least 4 members (excludes halogenated alkanes) is 1. The third kappa shape index (κ3) is 3.45. The molecule has 0 amide bonds. The Kier molecular flexibility index (Phi) is 4.70. The van der Waals surface area contributed by atoms with Gasteiger partial charge in [-0.3, -0.25) is 0 Å². The molecule has 0 spiro atoms. The number of nitrogens with two attached hydrogens (primary N) is 1. The normalized spacial score (nSPS) is 11.0. The quantitative estimate of drug-likeness (QED) is 0.874. The number of anilines is 1. The van der Waals surface area contributed by atoms with Crippen molar-refractivity contribution in [3.8, 4) is 6.07 Å². The fourth-order valence-corrected chi connectivity index (χ4v) is 2.17. The Morgan fingerprint density at radius 3 is 2.61 bits per heavy atom. The standard InChI is InChI=1S/C12H17N3O2S/c1-3-4-7-15(2)12-6-5-11(18(14,16)17)8-10(12)9-13/h5-6,8H,3-4,7H2,1-2H3,(H2,14,16,17). The van der Waals surface area contributed by atoms with E-state index in [-0.39, 0.29) is 4.90 Å². The predicted octanol–water partition coefficient (Wildman–Crippen LogP) is 1.44. The monoisotopic (exact) mass is 267 g/mol. The van der Waals surface area contributed by atoms with Crippen LogP contribution in [0.25, 0.3) is 0 Å². The first-order chi connectivity index (χ1) is 8.40. The van der Waals surface area contributed by atoms with E-state index in [1.165, 1.54) is 12.1 Å². The minimum atomic E-state index is -3.76. The number of rotatable bonds is 5. The Hall–Kier alpha value is -1.58. The molecule has 0 radical (unpaired) electrons. The van der Waals surface area contributed by atoms with E-state index in [4.69, 9.17) is 10.4 Å². The number of hydrogen-bond donors (Lipinski definition) is 1. The van der Waals surface area contributed by atoms with Crippen LogP contribution >= 0.6 is 0 Å². The van der Waals surface area contributed by atoms with Gasteiger partial charge in [0.1, 0.15) is 6.07 Å². The number of nitriles is 1. The van der Waals surface area contributed by atoms with Crippen molar-refractivity contribution in [3.63, 3.8) is 0 Å². The van der Waals surface area contributed by atoms with E-state index in [1.54, 1.807) is 6.07 Å². The molecular weight excluding hydrogens is 250 g/mol. The van der Waals surface area contributed by atoms with E-state index < -0.39 is 10.0 Å². The molecule has 0 saturated carbocycles. The van der Waals surface area contributed by atoms with Crippen molar-refractivity contribution in [2.45, 2.75) is 24.7 Å². The molecule has 1 aromatic rings. The van der Waals surface area contributed by atoms with Crippen molar-refractivity contribution >= 4 is 15.7 Å². The summed E-state index contributed by atoms with van der Waals surface area (Å²) in [5.74, 6) is 0. The lowest BCUT2D eigenvalue weighted by Crippen LogP contribution is -2.20. The molecule has 5 nitrogen and oxygen atoms in total. The zero-order valence-electron chi connectivity index (χ0n) is 10.5. The van der Waals surface area contributed by atoms with Gasteiger partial charge in [0.2, 0.25) is 10.0 Å². The van der Waals surface area contributed by atoms with Gasteiger partial charge in [-0.2, -0.15) is 5.26 Å². The second kappa shape index (κ2) is 5.85. The summed E-state index contributed by atoms with van der Waals surface area (Å²) in [6.07, 6.45) is 2.07. The molecule has 1 aromatic carbocycles. The van der Waals surface area contributed by atoms with Crippen LogP contribution in [0.2, 0.25) is 0 Å². The maximum atomic E-state index is 11.2. The summed E-state index contributed by atoms with van der Waals surface area (Å²) < 4.78 is 22.4. The predicted molar refractivity (Wildman–Crippen MR) is 70.7 cm³/mol. The molecule has 0 unspecified atom stereocenters. The molecule has 0 saturated heterocycles. The van der Waals surface area contributed by atoms with Gasteiger partial charge in [-0.1, -0.05) is 13.3 Å². The summed E-state index contributed by atoms with van der Waals surface area (Å²) in [4.78, 5) is 1.90. The molecule has 0 bridgehead atoms. The number of benzene rings is 1. The summed E-state index contributed by atoms with van der Waals surface area (Å²) in [6, 6.07) is 6.36. The Balaban J connectivity index is 3.13. The molecular formula is C12H17N3O2S. The highest BCUT2D eigenvalue weighted by Gasteiger charge is 2.13. The maximum absolute atomic E-state index is 11.2. The molecule has 0 atom stereocenters. The van der Waals surface area contributed by atoms with Crippen molar-refractivity contribution in [1.82, 2.24) is 0 Å². The topological polar surface area (TPSA) is 87.2 Å². The van der Waals surface area contributed by atoms with Crippen molar-refractivity contribution in [2.75, 3.05) is 18.5 Å². The minimum absolute atomic E-state index is 0.0355. The lowest BCUT2D eigenvalue weighted by molar-refractivity contribution is 0.598. The summed E-state index contributed by atoms with van der Waals surface area (Å²) >= 11 is 0. The molecule has 0 fully saturated rings. The molecule has 0 aromatic heterocycles. The van der Waals surface area contributed by atoms with Crippen LogP contribution in [0, 0.1) is 11.3 Å². The highest BCUT2D eigenvalue weighted by atomic mass is 32.2. The fraction of sp³-hybridized carbons (Fsp3) is 0.417. The first-order valence-electron chi connectivity index (χ1n) is 5.68. The Morgan fingerprint density at radius 2 is 2.11 bits per heavy atom. The third-order valence-electron chi connectivity index (χ3n) is 2.68. The Bertz CT molecular complexity index is 561. The van der Waals surface area contributed by atoms with Gasteiger partial charge < -0.3 is 4.90 Å². The summed E-state index contributed by atoms with van der Waals surface area (Å²) in [5.41, 5.74) is 1.04. The van der Waals surface area contributed by atoms with Crippen LogP contribution < -0.4 is 10.0 Å². The van der Waals surface area contributed by atoms with Crippen molar-refractivity contribution in [3.05, 3.63) is 23.8 Å². The van der Waals surface area contributed by atoms with E-state index >= 15 is 0 Å². The largest absolute Gasteiger partial charge is 0.374 e. The van der Waals surface area contributed by atoms with E-state index in [9.17, 15) is 8.42 Å². The Morgan fingerprint density at radius 1 is 1.44 bits per heavy atom. The molecule has 98 valence electrons. The molecule has 18 heavy (non-hydrogen) atoms. The molecule has 1 rings (SSSR count). The maximum Gasteiger partial charge on any atom is 0.238 e. The highest BCUT2D eigenvalue weighted by molar-refractivity contribution is 7.89. The molecule has 2 N–H and O–H groups in total. The van der Waals surface area contributed by atoms with Gasteiger partial charge in [-0.25, -0.2) is 13.6 Å². The molecule has 0 heterocycles. The van der Waals surface area contributed by atoms with Crippen LogP contribution in [0.5, 0.6) is 0 Å². The van der Waals surface area contributed by atoms with Crippen LogP contribution in [0.1, 0.15) is 25.3 Å². The fourth-order valence-electron chi connectivity index (χ4n) is 1.63. The summed E-state index contributed by atoms with van der Waals surface area (Å²) in [5, 5.41) is 14.1. The van der Waals surface area contributed by atoms with Gasteiger partial charge >= 0.3 is 0 Å². The van der Waals surface area contributed by atoms with Crippen molar-refractivity contribution in [1.29, 1.82) is 5.26 Å². The summed E-state index contributed by atoms with van der Waals surface area (Å²) in [6.45, 7) is 2.91. The molecule has 0 aliphatic rings. The van der Waals surface area contributed by atoms with Gasteiger partial charge in [0.25, 0.3) is 0 Å². The number of nitrogens with zero attached hydrogens (tertiary/aromatic N) is 2. The van der Waals surface area contributed by atoms with Crippen LogP contribution in [0.3, 0.4) is 0 Å². The van der Waals surface area contributed by atoms with Gasteiger partial charge in [0.15, 0.2) is 0 Å². The van der Waals surface area contributed by atoms with E-state index in [1.807, 2.05) is 18.0 Å². The minimum Gasteiger partial charge on any atom is -0.374 e. The first-order valence-corrected chi connectivity index (χ1v) is 7.23. The molecule has 6 heteroatoms. The van der Waals surface area contributed by atoms with Crippen molar-refractivity contribution in [2.24, 2.45) is 5.14 Å². The smallest absolute Gasteiger partial charge is 0.238 e. The van der Waals surface area contributed by atoms with Gasteiger partial charge in [0.05, 0.1) is 16.1 Å². The number of hydrogen-bond acceptors (Lipinski definition) is 4. The molecule has 0 aliphatic heterocycles. The van der Waals surface area contributed by atoms with E-state index in [0.29, 0.717) is 5.56 Å². The summed E-state index contributed by atoms with van der Waals surface area (Å²) in [7, 11) is -1.89. The van der Waals surface area contributed by atoms with Crippen LogP contribution in [-0.2, 0) is 10.0 Å². The van der Waals surface area contributed by atoms with Gasteiger partial charge in [0, 0.05) is 13.6 Å². The average Bonchev–Trinajstić information content (AvgIpc) is 2.34. The second-order valence-electron chi connectivity index (χ2n) is 4.11. The average molecular weight is 267 g/mol. The second-order valence-corrected chi connectivity index (χ2v) is 5.67. The lowest BCUT2D eigenvalue weighted by atomic mass is 10.1. The van der Waals surface area contributed by atoms with Crippen LogP contribution in [0.4, 0.5) is 5.69 Å². The van der Waals surface area contributed by atoms with E-state index in [2.05, 4.69) is 6.92 Å². The van der Waals surface area contributed by atoms with Crippen LogP contribution in [0.15, 0.2) is 23.1 Å². The first kappa shape index (κ1) is 14.5. The highest BCUT2D eigenvalue weighted by Crippen LogP contribution is 2.22. The van der Waals surface area contributed by atoms with Gasteiger partial charge in [-0.15, -0.1) is 0 Å². The SMILES string of the molecule is CCCCN(C)c1ccc(S(N)(=O)=O)cc1C#N. The van der Waals surface area contributed by atoms with Crippen molar-refractivity contribution < 1.29 is 8.42 Å². The zero-order chi connectivity index (χ0) is 13.8. The lowest BCUT2D eigenvalue weighted by Gasteiger charge is -2.20. The number of sulfonamides is 1. The number of primary sulfonamides is 1. The van der Waals surface area contributed by atoms with Crippen LogP contribution in [-0.4, -0.2) is 22.0 Å². The van der Waals surface area contributed by atoms with Gasteiger partial charge in [-0.05, 0) is 24.6 Å². The third-order valence-corrected chi connectivity index (χ3v) is 3.59. The zero-order valence-corrected chi connectivity index (χ0v) is 11.4. The molecule has 0 aliphatic carbocycles. The Labute approximate surface area is 108 Å². The van der Waals surface area contributed by atoms with E-state index in [0.717, 1.165) is 25.1 Å².